The molecule has 2 rings (SSSR count). The maximum Gasteiger partial charge on any atom is 0.374 e. The number of esters is 1. The fourth-order valence-corrected chi connectivity index (χ4v) is 1.83. The number of hydrogen-bond acceptors (Lipinski definition) is 5. The standard InChI is InChI=1S/C14H10ClNO5/c1-2-7-20-14(17)13-6-5-12(21-13)10-4-3-9(15)8-11(10)16(18)19/h2-6,8H,1,7H2. The van der Waals surface area contributed by atoms with E-state index < -0.39 is 10.9 Å². The number of rotatable bonds is 5. The lowest BCUT2D eigenvalue weighted by atomic mass is 10.1. The predicted octanol–water partition coefficient (Wildman–Crippen LogP) is 3.85. The fraction of sp³-hybridized carbons (Fsp3) is 0.0714. The minimum atomic E-state index is -0.669. The second kappa shape index (κ2) is 6.23. The quantitative estimate of drug-likeness (QED) is 0.362. The zero-order valence-electron chi connectivity index (χ0n) is 10.7. The summed E-state index contributed by atoms with van der Waals surface area (Å²) in [5, 5.41) is 11.3. The van der Waals surface area contributed by atoms with Crippen LogP contribution in [0.4, 0.5) is 5.69 Å². The third-order valence-electron chi connectivity index (χ3n) is 2.56. The second-order valence-corrected chi connectivity index (χ2v) is 4.41. The molecule has 21 heavy (non-hydrogen) atoms. The molecule has 0 saturated heterocycles. The van der Waals surface area contributed by atoms with Gasteiger partial charge in [-0.15, -0.1) is 0 Å². The number of nitrogens with zero attached hydrogens (tertiary/aromatic N) is 1. The van der Waals surface area contributed by atoms with Gasteiger partial charge in [-0.05, 0) is 24.3 Å². The summed E-state index contributed by atoms with van der Waals surface area (Å²) in [6.45, 7) is 3.47. The summed E-state index contributed by atoms with van der Waals surface area (Å²) in [7, 11) is 0. The van der Waals surface area contributed by atoms with Gasteiger partial charge in [0.25, 0.3) is 5.69 Å². The van der Waals surface area contributed by atoms with Gasteiger partial charge in [0.05, 0.1) is 10.5 Å². The van der Waals surface area contributed by atoms with Crippen LogP contribution in [0, 0.1) is 10.1 Å². The molecule has 0 radical (unpaired) electrons. The molecule has 0 spiro atoms. The van der Waals surface area contributed by atoms with Crippen LogP contribution in [0.2, 0.25) is 5.02 Å². The number of nitro benzene ring substituents is 1. The molecule has 0 aliphatic heterocycles. The van der Waals surface area contributed by atoms with E-state index in [1.807, 2.05) is 0 Å². The molecule has 0 aliphatic rings. The van der Waals surface area contributed by atoms with Gasteiger partial charge in [0.2, 0.25) is 5.76 Å². The van der Waals surface area contributed by atoms with Crippen LogP contribution < -0.4 is 0 Å². The van der Waals surface area contributed by atoms with Crippen molar-refractivity contribution in [2.45, 2.75) is 0 Å². The largest absolute Gasteiger partial charge is 0.456 e. The van der Waals surface area contributed by atoms with Crippen molar-refractivity contribution in [2.75, 3.05) is 6.61 Å². The number of ether oxygens (including phenoxy) is 1. The molecule has 0 aliphatic carbocycles. The number of hydrogen-bond donors (Lipinski definition) is 0. The maximum atomic E-state index is 11.6. The van der Waals surface area contributed by atoms with Crippen molar-refractivity contribution in [2.24, 2.45) is 0 Å². The molecular formula is C14H10ClNO5. The van der Waals surface area contributed by atoms with Crippen molar-refractivity contribution in [3.05, 3.63) is 63.9 Å². The van der Waals surface area contributed by atoms with Gasteiger partial charge in [0.1, 0.15) is 12.4 Å². The van der Waals surface area contributed by atoms with Gasteiger partial charge in [0.15, 0.2) is 0 Å². The Labute approximate surface area is 124 Å². The smallest absolute Gasteiger partial charge is 0.374 e. The van der Waals surface area contributed by atoms with Crippen LogP contribution in [-0.4, -0.2) is 17.5 Å². The first-order valence-electron chi connectivity index (χ1n) is 5.85. The highest BCUT2D eigenvalue weighted by Crippen LogP contribution is 2.33. The summed E-state index contributed by atoms with van der Waals surface area (Å²) in [4.78, 5) is 22.1. The number of carbonyl (C=O) groups is 1. The molecule has 0 N–H and O–H groups in total. The topological polar surface area (TPSA) is 82.6 Å². The first kappa shape index (κ1) is 14.8. The predicted molar refractivity (Wildman–Crippen MR) is 76.3 cm³/mol. The zero-order chi connectivity index (χ0) is 15.4. The Morgan fingerprint density at radius 2 is 2.19 bits per heavy atom. The van der Waals surface area contributed by atoms with Crippen molar-refractivity contribution in [3.8, 4) is 11.3 Å². The van der Waals surface area contributed by atoms with Gasteiger partial charge in [-0.25, -0.2) is 4.79 Å². The third-order valence-corrected chi connectivity index (χ3v) is 2.80. The minimum absolute atomic E-state index is 0.0453. The van der Waals surface area contributed by atoms with Crippen LogP contribution >= 0.6 is 11.6 Å². The van der Waals surface area contributed by atoms with Crippen molar-refractivity contribution in [1.29, 1.82) is 0 Å². The third kappa shape index (κ3) is 3.29. The molecule has 1 aromatic heterocycles. The van der Waals surface area contributed by atoms with E-state index in [-0.39, 0.29) is 34.4 Å². The molecule has 0 saturated carbocycles. The highest BCUT2D eigenvalue weighted by molar-refractivity contribution is 6.30. The van der Waals surface area contributed by atoms with Gasteiger partial charge in [0, 0.05) is 11.1 Å². The van der Waals surface area contributed by atoms with Gasteiger partial charge < -0.3 is 9.15 Å². The average molecular weight is 308 g/mol. The van der Waals surface area contributed by atoms with Gasteiger partial charge >= 0.3 is 5.97 Å². The molecule has 1 heterocycles. The Hall–Kier alpha value is -2.60. The van der Waals surface area contributed by atoms with Crippen LogP contribution in [0.15, 0.2) is 47.4 Å². The van der Waals surface area contributed by atoms with E-state index in [0.29, 0.717) is 0 Å². The summed E-state index contributed by atoms with van der Waals surface area (Å²) < 4.78 is 10.1. The first-order valence-corrected chi connectivity index (χ1v) is 6.23. The molecule has 0 bridgehead atoms. The number of furan rings is 1. The van der Waals surface area contributed by atoms with Crippen molar-refractivity contribution < 1.29 is 18.9 Å². The zero-order valence-corrected chi connectivity index (χ0v) is 11.5. The number of halogens is 1. The molecule has 108 valence electrons. The monoisotopic (exact) mass is 307 g/mol. The normalized spacial score (nSPS) is 10.1. The summed E-state index contributed by atoms with van der Waals surface area (Å²) in [5.74, 6) is -0.530. The van der Waals surface area contributed by atoms with Crippen LogP contribution in [0.1, 0.15) is 10.6 Å². The molecule has 1 aromatic carbocycles. The minimum Gasteiger partial charge on any atom is -0.456 e. The Kier molecular flexibility index (Phi) is 4.39. The lowest BCUT2D eigenvalue weighted by Crippen LogP contribution is -2.03. The molecule has 6 nitrogen and oxygen atoms in total. The number of benzene rings is 1. The lowest BCUT2D eigenvalue weighted by Gasteiger charge is -2.01. The average Bonchev–Trinajstić information content (AvgIpc) is 2.94. The SMILES string of the molecule is C=CCOC(=O)c1ccc(-c2ccc(Cl)cc2[N+](=O)[O-])o1. The van der Waals surface area contributed by atoms with Crippen molar-refractivity contribution >= 4 is 23.3 Å². The van der Waals surface area contributed by atoms with Crippen LogP contribution in [-0.2, 0) is 4.74 Å². The Morgan fingerprint density at radius 1 is 1.43 bits per heavy atom. The van der Waals surface area contributed by atoms with Crippen molar-refractivity contribution in [1.82, 2.24) is 0 Å². The molecule has 0 fully saturated rings. The fourth-order valence-electron chi connectivity index (χ4n) is 1.66. The van der Waals surface area contributed by atoms with Gasteiger partial charge in [-0.3, -0.25) is 10.1 Å². The number of carbonyl (C=O) groups excluding carboxylic acids is 1. The Morgan fingerprint density at radius 3 is 2.86 bits per heavy atom. The van der Waals surface area contributed by atoms with E-state index in [9.17, 15) is 14.9 Å². The Bertz CT molecular complexity index is 707. The molecular weight excluding hydrogens is 298 g/mol. The van der Waals surface area contributed by atoms with Crippen LogP contribution in [0.25, 0.3) is 11.3 Å². The van der Waals surface area contributed by atoms with Crippen LogP contribution in [0.5, 0.6) is 0 Å². The van der Waals surface area contributed by atoms with E-state index in [1.165, 1.54) is 36.4 Å². The van der Waals surface area contributed by atoms with E-state index in [4.69, 9.17) is 20.8 Å². The van der Waals surface area contributed by atoms with Crippen molar-refractivity contribution in [3.63, 3.8) is 0 Å². The summed E-state index contributed by atoms with van der Waals surface area (Å²) in [6, 6.07) is 7.02. The summed E-state index contributed by atoms with van der Waals surface area (Å²) in [6.07, 6.45) is 1.42. The summed E-state index contributed by atoms with van der Waals surface area (Å²) >= 11 is 5.74. The van der Waals surface area contributed by atoms with E-state index in [2.05, 4.69) is 6.58 Å². The van der Waals surface area contributed by atoms with E-state index in [0.717, 1.165) is 0 Å². The van der Waals surface area contributed by atoms with E-state index >= 15 is 0 Å². The molecule has 2 aromatic rings. The molecule has 7 heteroatoms. The van der Waals surface area contributed by atoms with E-state index in [1.54, 1.807) is 0 Å². The second-order valence-electron chi connectivity index (χ2n) is 3.97. The number of nitro groups is 1. The van der Waals surface area contributed by atoms with Crippen LogP contribution in [0.3, 0.4) is 0 Å². The molecule has 0 unspecified atom stereocenters. The maximum absolute atomic E-state index is 11.6. The highest BCUT2D eigenvalue weighted by Gasteiger charge is 2.20. The highest BCUT2D eigenvalue weighted by atomic mass is 35.5. The first-order chi connectivity index (χ1) is 10.0. The Balaban J connectivity index is 2.36. The summed E-state index contributed by atoms with van der Waals surface area (Å²) in [5.41, 5.74) is 0.0232. The molecule has 0 atom stereocenters. The molecule has 0 amide bonds. The lowest BCUT2D eigenvalue weighted by molar-refractivity contribution is -0.384. The van der Waals surface area contributed by atoms with Gasteiger partial charge in [-0.1, -0.05) is 24.3 Å². The van der Waals surface area contributed by atoms with Gasteiger partial charge in [-0.2, -0.15) is 0 Å².